The minimum Gasteiger partial charge on any atom is -0.494 e. The maximum absolute atomic E-state index is 5.41. The largest absolute Gasteiger partial charge is 0.494 e. The maximum Gasteiger partial charge on any atom is 0.145 e. The molecule has 2 aliphatic rings. The monoisotopic (exact) mass is 282 g/mol. The summed E-state index contributed by atoms with van der Waals surface area (Å²) in [5.41, 5.74) is 2.70. The van der Waals surface area contributed by atoms with E-state index in [1.54, 1.807) is 7.11 Å². The number of hydrogen-bond donors (Lipinski definition) is 1. The fourth-order valence-corrected chi connectivity index (χ4v) is 3.45. The minimum atomic E-state index is 0.647. The van der Waals surface area contributed by atoms with Crippen molar-refractivity contribution in [3.63, 3.8) is 0 Å². The van der Waals surface area contributed by atoms with E-state index in [4.69, 9.17) is 9.72 Å². The van der Waals surface area contributed by atoms with Crippen LogP contribution in [0, 0.1) is 11.3 Å². The molecule has 0 amide bonds. The third-order valence-corrected chi connectivity index (χ3v) is 5.08. The van der Waals surface area contributed by atoms with Gasteiger partial charge in [0.15, 0.2) is 0 Å². The van der Waals surface area contributed by atoms with Gasteiger partial charge in [0, 0.05) is 18.5 Å². The van der Waals surface area contributed by atoms with E-state index in [1.807, 2.05) is 12.1 Å². The van der Waals surface area contributed by atoms with Crippen LogP contribution in [0.25, 0.3) is 10.9 Å². The Morgan fingerprint density at radius 1 is 1.24 bits per heavy atom. The Labute approximate surface area is 125 Å². The van der Waals surface area contributed by atoms with Crippen molar-refractivity contribution in [3.8, 4) is 5.75 Å². The molecule has 1 aromatic heterocycles. The quantitative estimate of drug-likeness (QED) is 0.880. The van der Waals surface area contributed by atoms with Crippen LogP contribution in [0.1, 0.15) is 31.4 Å². The van der Waals surface area contributed by atoms with Gasteiger partial charge >= 0.3 is 0 Å². The molecular weight excluding hydrogens is 260 g/mol. The van der Waals surface area contributed by atoms with Crippen molar-refractivity contribution in [1.29, 1.82) is 0 Å². The van der Waals surface area contributed by atoms with Crippen molar-refractivity contribution in [2.45, 2.75) is 32.2 Å². The molecule has 4 rings (SSSR count). The van der Waals surface area contributed by atoms with Crippen molar-refractivity contribution in [1.82, 2.24) is 10.3 Å². The number of nitrogens with zero attached hydrogens (tertiary/aromatic N) is 1. The van der Waals surface area contributed by atoms with Crippen LogP contribution in [0.3, 0.4) is 0 Å². The van der Waals surface area contributed by atoms with Gasteiger partial charge in [-0.3, -0.25) is 0 Å². The molecular formula is C18H22N2O. The van der Waals surface area contributed by atoms with E-state index >= 15 is 0 Å². The molecule has 21 heavy (non-hydrogen) atoms. The summed E-state index contributed by atoms with van der Waals surface area (Å²) >= 11 is 0. The fraction of sp³-hybridized carbons (Fsp3) is 0.500. The lowest BCUT2D eigenvalue weighted by Crippen LogP contribution is -2.25. The third kappa shape index (κ3) is 2.51. The van der Waals surface area contributed by atoms with E-state index in [0.717, 1.165) is 41.4 Å². The Morgan fingerprint density at radius 2 is 2.10 bits per heavy atom. The summed E-state index contributed by atoms with van der Waals surface area (Å²) in [5, 5.41) is 4.76. The summed E-state index contributed by atoms with van der Waals surface area (Å²) in [6.45, 7) is 2.01. The number of methoxy groups -OCH3 is 1. The van der Waals surface area contributed by atoms with Crippen LogP contribution in [0.5, 0.6) is 5.75 Å². The van der Waals surface area contributed by atoms with Gasteiger partial charge in [0.1, 0.15) is 11.3 Å². The minimum absolute atomic E-state index is 0.647. The van der Waals surface area contributed by atoms with Gasteiger partial charge < -0.3 is 10.1 Å². The average Bonchev–Trinajstić information content (AvgIpc) is 3.38. The predicted octanol–water partition coefficient (Wildman–Crippen LogP) is 3.52. The van der Waals surface area contributed by atoms with Gasteiger partial charge in [0.25, 0.3) is 0 Å². The van der Waals surface area contributed by atoms with Crippen molar-refractivity contribution < 1.29 is 4.74 Å². The fourth-order valence-electron chi connectivity index (χ4n) is 3.45. The summed E-state index contributed by atoms with van der Waals surface area (Å²) in [6.07, 6.45) is 5.74. The second kappa shape index (κ2) is 4.99. The summed E-state index contributed by atoms with van der Waals surface area (Å²) < 4.78 is 5.41. The van der Waals surface area contributed by atoms with Crippen LogP contribution in [-0.2, 0) is 6.54 Å². The average molecular weight is 282 g/mol. The first-order valence-electron chi connectivity index (χ1n) is 7.94. The number of benzene rings is 1. The first-order chi connectivity index (χ1) is 10.3. The van der Waals surface area contributed by atoms with Crippen molar-refractivity contribution in [2.24, 2.45) is 11.3 Å². The Morgan fingerprint density at radius 3 is 2.81 bits per heavy atom. The van der Waals surface area contributed by atoms with E-state index in [-0.39, 0.29) is 0 Å². The van der Waals surface area contributed by atoms with Gasteiger partial charge in [-0.25, -0.2) is 4.98 Å². The summed E-state index contributed by atoms with van der Waals surface area (Å²) in [5.74, 6) is 1.86. The van der Waals surface area contributed by atoms with Crippen LogP contribution in [0.15, 0.2) is 30.3 Å². The number of rotatable bonds is 6. The van der Waals surface area contributed by atoms with Crippen LogP contribution >= 0.6 is 0 Å². The molecule has 2 aliphatic carbocycles. The number of fused-ring (bicyclic) bond motifs is 1. The van der Waals surface area contributed by atoms with Gasteiger partial charge in [0.05, 0.1) is 12.8 Å². The molecule has 0 saturated heterocycles. The highest BCUT2D eigenvalue weighted by Crippen LogP contribution is 2.60. The smallest absolute Gasteiger partial charge is 0.145 e. The lowest BCUT2D eigenvalue weighted by molar-refractivity contribution is 0.402. The number of ether oxygens (including phenoxy) is 1. The second-order valence-electron chi connectivity index (χ2n) is 6.57. The zero-order chi connectivity index (χ0) is 14.3. The SMILES string of the molecule is COc1cccc2ccc(CNCC3(C4CC4)CC3)nc12. The number of hydrogen-bond acceptors (Lipinski definition) is 3. The Bertz CT molecular complexity index is 659. The number of aromatic nitrogens is 1. The molecule has 0 aliphatic heterocycles. The van der Waals surface area contributed by atoms with Crippen LogP contribution < -0.4 is 10.1 Å². The number of pyridine rings is 1. The maximum atomic E-state index is 5.41. The van der Waals surface area contributed by atoms with Crippen LogP contribution in [0.2, 0.25) is 0 Å². The first kappa shape index (κ1) is 13.1. The van der Waals surface area contributed by atoms with E-state index in [9.17, 15) is 0 Å². The van der Waals surface area contributed by atoms with E-state index in [1.165, 1.54) is 25.7 Å². The van der Waals surface area contributed by atoms with Crippen LogP contribution in [0.4, 0.5) is 0 Å². The Kier molecular flexibility index (Phi) is 3.11. The molecule has 1 heterocycles. The molecule has 2 saturated carbocycles. The first-order valence-corrected chi connectivity index (χ1v) is 7.94. The molecule has 1 N–H and O–H groups in total. The molecule has 0 radical (unpaired) electrons. The molecule has 0 unspecified atom stereocenters. The van der Waals surface area contributed by atoms with E-state index < -0.39 is 0 Å². The zero-order valence-corrected chi connectivity index (χ0v) is 12.6. The Balaban J connectivity index is 1.46. The zero-order valence-electron chi connectivity index (χ0n) is 12.6. The van der Waals surface area contributed by atoms with Gasteiger partial charge in [-0.1, -0.05) is 18.2 Å². The lowest BCUT2D eigenvalue weighted by atomic mass is 10.0. The highest BCUT2D eigenvalue weighted by atomic mass is 16.5. The molecule has 0 bridgehead atoms. The molecule has 1 aromatic carbocycles. The van der Waals surface area contributed by atoms with Gasteiger partial charge in [-0.15, -0.1) is 0 Å². The Hall–Kier alpha value is -1.61. The van der Waals surface area contributed by atoms with E-state index in [2.05, 4.69) is 23.5 Å². The second-order valence-corrected chi connectivity index (χ2v) is 6.57. The third-order valence-electron chi connectivity index (χ3n) is 5.08. The molecule has 0 spiro atoms. The topological polar surface area (TPSA) is 34.1 Å². The highest BCUT2D eigenvalue weighted by molar-refractivity contribution is 5.84. The van der Waals surface area contributed by atoms with Crippen LogP contribution in [-0.4, -0.2) is 18.6 Å². The van der Waals surface area contributed by atoms with Gasteiger partial charge in [-0.05, 0) is 49.1 Å². The standard InChI is InChI=1S/C18H22N2O/c1-21-16-4-2-3-13-5-8-15(20-17(13)16)11-19-12-18(9-10-18)14-6-7-14/h2-5,8,14,19H,6-7,9-12H2,1H3. The van der Waals surface area contributed by atoms with Gasteiger partial charge in [0.2, 0.25) is 0 Å². The normalized spacial score (nSPS) is 19.7. The molecule has 3 nitrogen and oxygen atoms in total. The molecule has 3 heteroatoms. The summed E-state index contributed by atoms with van der Waals surface area (Å²) in [7, 11) is 1.70. The summed E-state index contributed by atoms with van der Waals surface area (Å²) in [6, 6.07) is 10.3. The molecule has 2 fully saturated rings. The van der Waals surface area contributed by atoms with Crippen molar-refractivity contribution in [3.05, 3.63) is 36.0 Å². The van der Waals surface area contributed by atoms with Crippen molar-refractivity contribution >= 4 is 10.9 Å². The summed E-state index contributed by atoms with van der Waals surface area (Å²) in [4.78, 5) is 4.76. The number of para-hydroxylation sites is 1. The van der Waals surface area contributed by atoms with Crippen molar-refractivity contribution in [2.75, 3.05) is 13.7 Å². The predicted molar refractivity (Wildman–Crippen MR) is 84.4 cm³/mol. The molecule has 0 atom stereocenters. The lowest BCUT2D eigenvalue weighted by Gasteiger charge is -2.15. The molecule has 110 valence electrons. The highest BCUT2D eigenvalue weighted by Gasteiger charge is 2.53. The van der Waals surface area contributed by atoms with E-state index in [0.29, 0.717) is 5.41 Å². The molecule has 2 aromatic rings. The van der Waals surface area contributed by atoms with Gasteiger partial charge in [-0.2, -0.15) is 0 Å². The number of nitrogens with one attached hydrogen (secondary N) is 1.